The number of benzene rings is 3. The van der Waals surface area contributed by atoms with Crippen LogP contribution in [0, 0.1) is 12.7 Å². The SMILES string of the molecule is Cc1csc(SCc2ccccc2C(=O)NCc2cccc(NC(=O)c3ccc(F)cc3)c2)n1. The molecule has 0 saturated carbocycles. The first-order valence-corrected chi connectivity index (χ1v) is 12.4. The van der Waals surface area contributed by atoms with E-state index < -0.39 is 5.82 Å². The van der Waals surface area contributed by atoms with Crippen LogP contribution < -0.4 is 10.6 Å². The van der Waals surface area contributed by atoms with Crippen LogP contribution in [0.5, 0.6) is 0 Å². The van der Waals surface area contributed by atoms with Gasteiger partial charge in [-0.1, -0.05) is 42.1 Å². The monoisotopic (exact) mass is 491 g/mol. The summed E-state index contributed by atoms with van der Waals surface area (Å²) < 4.78 is 14.1. The average molecular weight is 492 g/mol. The first-order chi connectivity index (χ1) is 16.5. The lowest BCUT2D eigenvalue weighted by Crippen LogP contribution is -2.24. The van der Waals surface area contributed by atoms with Crippen LogP contribution in [0.2, 0.25) is 0 Å². The maximum atomic E-state index is 13.1. The molecule has 4 rings (SSSR count). The molecule has 2 amide bonds. The maximum absolute atomic E-state index is 13.1. The molecule has 0 aliphatic rings. The number of hydrogen-bond acceptors (Lipinski definition) is 5. The molecule has 1 heterocycles. The molecule has 0 bridgehead atoms. The van der Waals surface area contributed by atoms with E-state index in [1.54, 1.807) is 35.2 Å². The Morgan fingerprint density at radius 2 is 1.79 bits per heavy atom. The first kappa shape index (κ1) is 23.7. The van der Waals surface area contributed by atoms with Gasteiger partial charge < -0.3 is 10.6 Å². The number of nitrogens with one attached hydrogen (secondary N) is 2. The van der Waals surface area contributed by atoms with Crippen molar-refractivity contribution in [3.8, 4) is 0 Å². The quantitative estimate of drug-likeness (QED) is 0.294. The van der Waals surface area contributed by atoms with E-state index in [1.807, 2.05) is 48.7 Å². The van der Waals surface area contributed by atoms with Gasteiger partial charge >= 0.3 is 0 Å². The minimum Gasteiger partial charge on any atom is -0.348 e. The van der Waals surface area contributed by atoms with Gasteiger partial charge in [0.2, 0.25) is 0 Å². The highest BCUT2D eigenvalue weighted by Crippen LogP contribution is 2.27. The Kier molecular flexibility index (Phi) is 7.72. The van der Waals surface area contributed by atoms with E-state index in [1.165, 1.54) is 24.3 Å². The second-order valence-electron chi connectivity index (χ2n) is 7.54. The lowest BCUT2D eigenvalue weighted by Gasteiger charge is -2.11. The van der Waals surface area contributed by atoms with Crippen LogP contribution >= 0.6 is 23.1 Å². The third-order valence-corrected chi connectivity index (χ3v) is 7.14. The van der Waals surface area contributed by atoms with Crippen molar-refractivity contribution in [2.75, 3.05) is 5.32 Å². The van der Waals surface area contributed by atoms with E-state index >= 15 is 0 Å². The minimum absolute atomic E-state index is 0.160. The van der Waals surface area contributed by atoms with Crippen molar-refractivity contribution in [1.29, 1.82) is 0 Å². The smallest absolute Gasteiger partial charge is 0.255 e. The summed E-state index contributed by atoms with van der Waals surface area (Å²) in [6.45, 7) is 2.28. The zero-order valence-electron chi connectivity index (χ0n) is 18.4. The molecule has 0 spiro atoms. The molecule has 0 atom stereocenters. The standard InChI is InChI=1S/C26H22FN3O2S2/c1-17-15-33-26(29-17)34-16-20-6-2-3-8-23(20)25(32)28-14-18-5-4-7-22(13-18)30-24(31)19-9-11-21(27)12-10-19/h2-13,15H,14,16H2,1H3,(H,28,32)(H,30,31). The zero-order valence-corrected chi connectivity index (χ0v) is 20.0. The Hall–Kier alpha value is -3.49. The van der Waals surface area contributed by atoms with Gasteiger partial charge in [-0.15, -0.1) is 11.3 Å². The van der Waals surface area contributed by atoms with Crippen molar-refractivity contribution in [2.24, 2.45) is 0 Å². The summed E-state index contributed by atoms with van der Waals surface area (Å²) in [5.74, 6) is -0.232. The molecule has 0 unspecified atom stereocenters. The summed E-state index contributed by atoms with van der Waals surface area (Å²) in [6.07, 6.45) is 0. The highest BCUT2D eigenvalue weighted by molar-refractivity contribution is 8.00. The van der Waals surface area contributed by atoms with Crippen molar-refractivity contribution in [2.45, 2.75) is 23.6 Å². The van der Waals surface area contributed by atoms with Crippen molar-refractivity contribution in [3.63, 3.8) is 0 Å². The number of aryl methyl sites for hydroxylation is 1. The lowest BCUT2D eigenvalue weighted by atomic mass is 10.1. The summed E-state index contributed by atoms with van der Waals surface area (Å²) >= 11 is 3.21. The highest BCUT2D eigenvalue weighted by atomic mass is 32.2. The Bertz CT molecular complexity index is 1310. The van der Waals surface area contributed by atoms with Crippen LogP contribution in [0.25, 0.3) is 0 Å². The Morgan fingerprint density at radius 3 is 2.56 bits per heavy atom. The van der Waals surface area contributed by atoms with E-state index in [9.17, 15) is 14.0 Å². The van der Waals surface area contributed by atoms with Crippen molar-refractivity contribution < 1.29 is 14.0 Å². The van der Waals surface area contributed by atoms with Crippen LogP contribution in [0.4, 0.5) is 10.1 Å². The van der Waals surface area contributed by atoms with Crippen LogP contribution in [0.3, 0.4) is 0 Å². The molecule has 4 aromatic rings. The molecule has 8 heteroatoms. The largest absolute Gasteiger partial charge is 0.348 e. The zero-order chi connectivity index (χ0) is 23.9. The van der Waals surface area contributed by atoms with Crippen LogP contribution in [0.15, 0.2) is 82.5 Å². The van der Waals surface area contributed by atoms with Crippen molar-refractivity contribution >= 4 is 40.6 Å². The van der Waals surface area contributed by atoms with Crippen LogP contribution in [0.1, 0.15) is 37.5 Å². The predicted octanol–water partition coefficient (Wildman–Crippen LogP) is 6.07. The maximum Gasteiger partial charge on any atom is 0.255 e. The van der Waals surface area contributed by atoms with Crippen LogP contribution in [-0.4, -0.2) is 16.8 Å². The number of carbonyl (C=O) groups excluding carboxylic acids is 2. The van der Waals surface area contributed by atoms with Gasteiger partial charge in [0, 0.05) is 40.2 Å². The molecular weight excluding hydrogens is 469 g/mol. The second-order valence-corrected chi connectivity index (χ2v) is 9.63. The molecule has 5 nitrogen and oxygen atoms in total. The summed E-state index contributed by atoms with van der Waals surface area (Å²) in [7, 11) is 0. The molecule has 34 heavy (non-hydrogen) atoms. The highest BCUT2D eigenvalue weighted by Gasteiger charge is 2.12. The average Bonchev–Trinajstić information content (AvgIpc) is 3.27. The van der Waals surface area contributed by atoms with E-state index in [0.29, 0.717) is 29.1 Å². The van der Waals surface area contributed by atoms with Gasteiger partial charge in [-0.05, 0) is 60.5 Å². The molecule has 0 radical (unpaired) electrons. The number of thiazole rings is 1. The van der Waals surface area contributed by atoms with Gasteiger partial charge in [0.15, 0.2) is 0 Å². The Labute approximate surface area is 205 Å². The topological polar surface area (TPSA) is 71.1 Å². The fourth-order valence-corrected chi connectivity index (χ4v) is 5.10. The third-order valence-electron chi connectivity index (χ3n) is 4.96. The van der Waals surface area contributed by atoms with Gasteiger partial charge in [-0.25, -0.2) is 9.37 Å². The molecule has 172 valence electrons. The summed E-state index contributed by atoms with van der Waals surface area (Å²) in [4.78, 5) is 29.7. The summed E-state index contributed by atoms with van der Waals surface area (Å²) in [5.41, 5.74) is 4.37. The molecule has 1 aromatic heterocycles. The number of thioether (sulfide) groups is 1. The number of halogens is 1. The summed E-state index contributed by atoms with van der Waals surface area (Å²) in [5, 5.41) is 7.77. The minimum atomic E-state index is -0.396. The van der Waals surface area contributed by atoms with Gasteiger partial charge in [0.1, 0.15) is 10.2 Å². The van der Waals surface area contributed by atoms with Gasteiger partial charge in [0.05, 0.1) is 0 Å². The number of hydrogen-bond donors (Lipinski definition) is 2. The van der Waals surface area contributed by atoms with Gasteiger partial charge in [-0.3, -0.25) is 9.59 Å². The number of amides is 2. The number of nitrogens with zero attached hydrogens (tertiary/aromatic N) is 1. The number of aromatic nitrogens is 1. The lowest BCUT2D eigenvalue weighted by molar-refractivity contribution is 0.0949. The second kappa shape index (κ2) is 11.1. The van der Waals surface area contributed by atoms with Crippen molar-refractivity contribution in [1.82, 2.24) is 10.3 Å². The summed E-state index contributed by atoms with van der Waals surface area (Å²) in [6, 6.07) is 20.1. The molecule has 0 aliphatic carbocycles. The molecule has 0 fully saturated rings. The Balaban J connectivity index is 1.37. The first-order valence-electron chi connectivity index (χ1n) is 10.5. The number of rotatable bonds is 8. The fourth-order valence-electron chi connectivity index (χ4n) is 3.25. The molecule has 0 aliphatic heterocycles. The van der Waals surface area contributed by atoms with E-state index in [-0.39, 0.29) is 11.8 Å². The molecule has 3 aromatic carbocycles. The van der Waals surface area contributed by atoms with Gasteiger partial charge in [0.25, 0.3) is 11.8 Å². The van der Waals surface area contributed by atoms with Crippen LogP contribution in [-0.2, 0) is 12.3 Å². The Morgan fingerprint density at radius 1 is 1.00 bits per heavy atom. The predicted molar refractivity (Wildman–Crippen MR) is 135 cm³/mol. The van der Waals surface area contributed by atoms with E-state index in [2.05, 4.69) is 15.6 Å². The molecule has 0 saturated heterocycles. The number of anilines is 1. The van der Waals surface area contributed by atoms with Crippen molar-refractivity contribution in [3.05, 3.63) is 112 Å². The number of carbonyl (C=O) groups is 2. The third kappa shape index (κ3) is 6.30. The normalized spacial score (nSPS) is 10.6. The molecule has 2 N–H and O–H groups in total. The van der Waals surface area contributed by atoms with E-state index in [4.69, 9.17) is 0 Å². The fraction of sp³-hybridized carbons (Fsp3) is 0.115. The molecular formula is C26H22FN3O2S2. The van der Waals surface area contributed by atoms with E-state index in [0.717, 1.165) is 21.2 Å². The van der Waals surface area contributed by atoms with Gasteiger partial charge in [-0.2, -0.15) is 0 Å².